The van der Waals surface area contributed by atoms with Crippen molar-refractivity contribution in [2.24, 2.45) is 0 Å². The quantitative estimate of drug-likeness (QED) is 0.262. The zero-order valence-corrected chi connectivity index (χ0v) is 19.1. The van der Waals surface area contributed by atoms with E-state index in [0.717, 1.165) is 38.1 Å². The Hall–Kier alpha value is -1.79. The number of benzene rings is 1. The van der Waals surface area contributed by atoms with Gasteiger partial charge < -0.3 is 14.5 Å². The second-order valence-electron chi connectivity index (χ2n) is 6.60. The highest BCUT2D eigenvalue weighted by atomic mass is 32.2. The molecule has 0 unspecified atom stereocenters. The van der Waals surface area contributed by atoms with Crippen molar-refractivity contribution in [1.82, 2.24) is 15.0 Å². The molecule has 3 rings (SSSR count). The number of halogens is 3. The lowest BCUT2D eigenvalue weighted by Crippen LogP contribution is -2.18. The molecule has 1 aromatic carbocycles. The van der Waals surface area contributed by atoms with E-state index in [-0.39, 0.29) is 13.2 Å². The van der Waals surface area contributed by atoms with Gasteiger partial charge in [-0.2, -0.15) is 0 Å². The van der Waals surface area contributed by atoms with E-state index in [1.54, 1.807) is 23.5 Å². The van der Waals surface area contributed by atoms with E-state index in [1.807, 2.05) is 36.5 Å². The first-order chi connectivity index (χ1) is 15.4. The smallest absolute Gasteiger partial charge is 0.378 e. The summed E-state index contributed by atoms with van der Waals surface area (Å²) in [6.45, 7) is 2.48. The summed E-state index contributed by atoms with van der Waals surface area (Å²) in [6.07, 6.45) is -2.81. The SMILES string of the molecule is Cc1c(SCCOCCOCCOC(F)(F)F)ccnc1CSc1nc2ccccc2[nH]1. The molecule has 0 aliphatic heterocycles. The Kier molecular flexibility index (Phi) is 9.67. The number of fused-ring (bicyclic) bond motifs is 1. The van der Waals surface area contributed by atoms with E-state index in [2.05, 4.69) is 26.6 Å². The van der Waals surface area contributed by atoms with E-state index < -0.39 is 13.0 Å². The molecule has 0 aliphatic carbocycles. The molecule has 6 nitrogen and oxygen atoms in total. The minimum atomic E-state index is -4.62. The maximum atomic E-state index is 11.8. The van der Waals surface area contributed by atoms with E-state index in [9.17, 15) is 13.2 Å². The largest absolute Gasteiger partial charge is 0.522 e. The first-order valence-corrected chi connectivity index (χ1v) is 11.9. The molecule has 0 amide bonds. The maximum Gasteiger partial charge on any atom is 0.522 e. The normalized spacial score (nSPS) is 12.0. The molecule has 0 fully saturated rings. The Bertz CT molecular complexity index is 953. The molecule has 1 N–H and O–H groups in total. The van der Waals surface area contributed by atoms with E-state index in [0.29, 0.717) is 19.0 Å². The summed E-state index contributed by atoms with van der Waals surface area (Å²) in [6, 6.07) is 9.91. The summed E-state index contributed by atoms with van der Waals surface area (Å²) in [7, 11) is 0. The Balaban J connectivity index is 1.33. The van der Waals surface area contributed by atoms with Gasteiger partial charge in [0.2, 0.25) is 0 Å². The van der Waals surface area contributed by atoms with Crippen LogP contribution in [-0.2, 0) is 20.0 Å². The molecule has 2 aromatic heterocycles. The van der Waals surface area contributed by atoms with Gasteiger partial charge in [0, 0.05) is 22.6 Å². The minimum absolute atomic E-state index is 0.122. The van der Waals surface area contributed by atoms with E-state index >= 15 is 0 Å². The average molecular weight is 488 g/mol. The summed E-state index contributed by atoms with van der Waals surface area (Å²) in [5.41, 5.74) is 4.11. The van der Waals surface area contributed by atoms with Crippen LogP contribution >= 0.6 is 23.5 Å². The molecule has 3 aromatic rings. The van der Waals surface area contributed by atoms with Crippen molar-refractivity contribution in [3.8, 4) is 0 Å². The molecule has 0 aliphatic rings. The van der Waals surface area contributed by atoms with Crippen LogP contribution in [0.15, 0.2) is 46.6 Å². The van der Waals surface area contributed by atoms with Crippen LogP contribution in [0, 0.1) is 6.92 Å². The lowest BCUT2D eigenvalue weighted by atomic mass is 10.2. The summed E-state index contributed by atoms with van der Waals surface area (Å²) in [5.74, 6) is 1.46. The standard InChI is InChI=1S/C21H24F3N3O3S2/c1-15-18(14-32-20-26-16-4-2-3-5-17(16)27-20)25-7-6-19(15)31-13-12-29-9-8-28-10-11-30-21(22,23)24/h2-7H,8-14H2,1H3,(H,26,27). The van der Waals surface area contributed by atoms with Crippen LogP contribution in [0.25, 0.3) is 11.0 Å². The molecule has 0 atom stereocenters. The van der Waals surface area contributed by atoms with Crippen molar-refractivity contribution in [3.63, 3.8) is 0 Å². The fourth-order valence-electron chi connectivity index (χ4n) is 2.74. The number of nitrogens with zero attached hydrogens (tertiary/aromatic N) is 2. The number of aromatic nitrogens is 3. The number of hydrogen-bond acceptors (Lipinski definition) is 7. The molecule has 0 saturated heterocycles. The highest BCUT2D eigenvalue weighted by Gasteiger charge is 2.28. The van der Waals surface area contributed by atoms with Gasteiger partial charge in [0.05, 0.1) is 49.8 Å². The number of imidazole rings is 1. The number of aromatic amines is 1. The van der Waals surface area contributed by atoms with Crippen molar-refractivity contribution in [2.75, 3.05) is 38.8 Å². The molecular formula is C21H24F3N3O3S2. The van der Waals surface area contributed by atoms with Gasteiger partial charge in [-0.3, -0.25) is 9.72 Å². The zero-order chi connectivity index (χ0) is 22.8. The summed E-state index contributed by atoms with van der Waals surface area (Å²) < 4.78 is 49.6. The van der Waals surface area contributed by atoms with Gasteiger partial charge in [-0.05, 0) is 30.7 Å². The predicted molar refractivity (Wildman–Crippen MR) is 119 cm³/mol. The lowest BCUT2D eigenvalue weighted by Gasteiger charge is -2.10. The first-order valence-electron chi connectivity index (χ1n) is 9.93. The third kappa shape index (κ3) is 8.28. The minimum Gasteiger partial charge on any atom is -0.378 e. The van der Waals surface area contributed by atoms with Crippen LogP contribution in [-0.4, -0.2) is 60.1 Å². The number of para-hydroxylation sites is 2. The fourth-order valence-corrected chi connectivity index (χ4v) is 4.57. The molecule has 174 valence electrons. The fraction of sp³-hybridized carbons (Fsp3) is 0.429. The van der Waals surface area contributed by atoms with Crippen LogP contribution in [0.2, 0.25) is 0 Å². The van der Waals surface area contributed by atoms with Gasteiger partial charge >= 0.3 is 6.36 Å². The molecule has 0 radical (unpaired) electrons. The zero-order valence-electron chi connectivity index (χ0n) is 17.5. The maximum absolute atomic E-state index is 11.8. The van der Waals surface area contributed by atoms with Crippen LogP contribution in [0.1, 0.15) is 11.3 Å². The molecule has 32 heavy (non-hydrogen) atoms. The van der Waals surface area contributed by atoms with Crippen LogP contribution in [0.3, 0.4) is 0 Å². The highest BCUT2D eigenvalue weighted by molar-refractivity contribution is 7.99. The van der Waals surface area contributed by atoms with Crippen molar-refractivity contribution < 1.29 is 27.4 Å². The molecule has 2 heterocycles. The molecule has 0 spiro atoms. The Morgan fingerprint density at radius 3 is 2.50 bits per heavy atom. The molecule has 11 heteroatoms. The van der Waals surface area contributed by atoms with Crippen molar-refractivity contribution in [1.29, 1.82) is 0 Å². The van der Waals surface area contributed by atoms with Gasteiger partial charge in [-0.25, -0.2) is 4.98 Å². The van der Waals surface area contributed by atoms with E-state index in [4.69, 9.17) is 9.47 Å². The Morgan fingerprint density at radius 1 is 0.969 bits per heavy atom. The summed E-state index contributed by atoms with van der Waals surface area (Å²) >= 11 is 3.30. The highest BCUT2D eigenvalue weighted by Crippen LogP contribution is 2.28. The van der Waals surface area contributed by atoms with Crippen molar-refractivity contribution in [2.45, 2.75) is 29.1 Å². The van der Waals surface area contributed by atoms with Crippen molar-refractivity contribution in [3.05, 3.63) is 47.8 Å². The first kappa shape index (κ1) is 24.8. The number of rotatable bonds is 13. The number of thioether (sulfide) groups is 2. The van der Waals surface area contributed by atoms with Crippen LogP contribution in [0.5, 0.6) is 0 Å². The average Bonchev–Trinajstić information content (AvgIpc) is 3.17. The number of alkyl halides is 3. The number of H-pyrrole nitrogens is 1. The molecular weight excluding hydrogens is 463 g/mol. The number of nitrogens with one attached hydrogen (secondary N) is 1. The predicted octanol–water partition coefficient (Wildman–Crippen LogP) is 5.22. The third-order valence-corrected chi connectivity index (χ3v) is 6.33. The Labute approximate surface area is 192 Å². The van der Waals surface area contributed by atoms with Crippen LogP contribution in [0.4, 0.5) is 13.2 Å². The van der Waals surface area contributed by atoms with Crippen LogP contribution < -0.4 is 0 Å². The molecule has 0 saturated carbocycles. The van der Waals surface area contributed by atoms with Gasteiger partial charge in [0.15, 0.2) is 5.16 Å². The summed E-state index contributed by atoms with van der Waals surface area (Å²) in [4.78, 5) is 13.5. The third-order valence-electron chi connectivity index (χ3n) is 4.32. The number of hydrogen-bond donors (Lipinski definition) is 1. The summed E-state index contributed by atoms with van der Waals surface area (Å²) in [5, 5.41) is 0.867. The van der Waals surface area contributed by atoms with E-state index in [1.165, 1.54) is 0 Å². The van der Waals surface area contributed by atoms with Crippen molar-refractivity contribution >= 4 is 34.6 Å². The van der Waals surface area contributed by atoms with Gasteiger partial charge in [0.25, 0.3) is 0 Å². The topological polar surface area (TPSA) is 69.3 Å². The second kappa shape index (κ2) is 12.4. The van der Waals surface area contributed by atoms with Gasteiger partial charge in [-0.15, -0.1) is 24.9 Å². The Morgan fingerprint density at radius 2 is 1.72 bits per heavy atom. The van der Waals surface area contributed by atoms with Gasteiger partial charge in [-0.1, -0.05) is 23.9 Å². The number of pyridine rings is 1. The van der Waals surface area contributed by atoms with Gasteiger partial charge in [0.1, 0.15) is 0 Å². The lowest BCUT2D eigenvalue weighted by molar-refractivity contribution is -0.327. The second-order valence-corrected chi connectivity index (χ2v) is 8.70. The monoisotopic (exact) mass is 487 g/mol. The molecule has 0 bridgehead atoms. The number of ether oxygens (including phenoxy) is 3.